The summed E-state index contributed by atoms with van der Waals surface area (Å²) < 4.78 is 4.99. The summed E-state index contributed by atoms with van der Waals surface area (Å²) in [6, 6.07) is 14.9. The van der Waals surface area contributed by atoms with Gasteiger partial charge in [-0.05, 0) is 42.7 Å². The number of aryl methyl sites for hydroxylation is 1. The molecule has 0 aliphatic carbocycles. The molecule has 0 aliphatic rings. The zero-order valence-corrected chi connectivity index (χ0v) is 15.6. The lowest BCUT2D eigenvalue weighted by molar-refractivity contribution is -0.144. The molecule has 136 valence electrons. The molecule has 5 heteroatoms. The van der Waals surface area contributed by atoms with Crippen LogP contribution in [-0.2, 0) is 14.3 Å². The second-order valence-electron chi connectivity index (χ2n) is 5.93. The third-order valence-corrected chi connectivity index (χ3v) is 4.10. The minimum absolute atomic E-state index is 0.105. The lowest BCUT2D eigenvalue weighted by Gasteiger charge is -2.17. The first-order valence-electron chi connectivity index (χ1n) is 8.44. The SMILES string of the molecule is CC[C@H](NC(=O)COC(=O)/C=C/c1ccc(Cl)cc1)c1ccc(C)cc1. The van der Waals surface area contributed by atoms with Crippen molar-refractivity contribution in [1.29, 1.82) is 0 Å². The van der Waals surface area contributed by atoms with E-state index < -0.39 is 5.97 Å². The van der Waals surface area contributed by atoms with E-state index in [0.29, 0.717) is 5.02 Å². The molecule has 0 bridgehead atoms. The fraction of sp³-hybridized carbons (Fsp3) is 0.238. The molecule has 0 spiro atoms. The number of nitrogens with one attached hydrogen (secondary N) is 1. The van der Waals surface area contributed by atoms with Crippen molar-refractivity contribution in [2.75, 3.05) is 6.61 Å². The van der Waals surface area contributed by atoms with Gasteiger partial charge in [0.2, 0.25) is 0 Å². The molecule has 0 saturated carbocycles. The first-order chi connectivity index (χ1) is 12.5. The van der Waals surface area contributed by atoms with Crippen molar-refractivity contribution in [2.45, 2.75) is 26.3 Å². The Hall–Kier alpha value is -2.59. The van der Waals surface area contributed by atoms with Crippen LogP contribution in [-0.4, -0.2) is 18.5 Å². The van der Waals surface area contributed by atoms with Crippen molar-refractivity contribution in [3.8, 4) is 0 Å². The zero-order valence-electron chi connectivity index (χ0n) is 14.9. The van der Waals surface area contributed by atoms with E-state index in [9.17, 15) is 9.59 Å². The van der Waals surface area contributed by atoms with E-state index in [1.165, 1.54) is 6.08 Å². The van der Waals surface area contributed by atoms with Crippen molar-refractivity contribution < 1.29 is 14.3 Å². The van der Waals surface area contributed by atoms with Gasteiger partial charge in [-0.1, -0.05) is 60.5 Å². The van der Waals surface area contributed by atoms with Crippen LogP contribution in [0.15, 0.2) is 54.6 Å². The molecule has 4 nitrogen and oxygen atoms in total. The number of halogens is 1. The lowest BCUT2D eigenvalue weighted by Crippen LogP contribution is -2.32. The van der Waals surface area contributed by atoms with Gasteiger partial charge >= 0.3 is 5.97 Å². The first kappa shape index (κ1) is 19.7. The summed E-state index contributed by atoms with van der Waals surface area (Å²) in [7, 11) is 0. The van der Waals surface area contributed by atoms with Crippen molar-refractivity contribution >= 4 is 29.6 Å². The Labute approximate surface area is 158 Å². The summed E-state index contributed by atoms with van der Waals surface area (Å²) in [5, 5.41) is 3.51. The molecule has 2 aromatic rings. The molecule has 0 fully saturated rings. The molecule has 26 heavy (non-hydrogen) atoms. The molecule has 1 amide bonds. The standard InChI is InChI=1S/C21H22ClNO3/c1-3-19(17-9-4-15(2)5-10-17)23-20(24)14-26-21(25)13-8-16-6-11-18(22)12-7-16/h4-13,19H,3,14H2,1-2H3,(H,23,24)/b13-8+/t19-/m0/s1. The third kappa shape index (κ3) is 6.37. The second-order valence-corrected chi connectivity index (χ2v) is 6.37. The summed E-state index contributed by atoms with van der Waals surface area (Å²) in [5.41, 5.74) is 3.01. The Morgan fingerprint density at radius 3 is 2.38 bits per heavy atom. The molecular weight excluding hydrogens is 350 g/mol. The largest absolute Gasteiger partial charge is 0.452 e. The van der Waals surface area contributed by atoms with Crippen LogP contribution >= 0.6 is 11.6 Å². The second kappa shape index (κ2) is 9.78. The van der Waals surface area contributed by atoms with Crippen LogP contribution in [0.5, 0.6) is 0 Å². The molecule has 0 radical (unpaired) electrons. The fourth-order valence-electron chi connectivity index (χ4n) is 2.38. The highest BCUT2D eigenvalue weighted by Crippen LogP contribution is 2.17. The quantitative estimate of drug-likeness (QED) is 0.577. The summed E-state index contributed by atoms with van der Waals surface area (Å²) in [6.45, 7) is 3.69. The maximum Gasteiger partial charge on any atom is 0.331 e. The minimum Gasteiger partial charge on any atom is -0.452 e. The number of carbonyl (C=O) groups excluding carboxylic acids is 2. The van der Waals surface area contributed by atoms with Gasteiger partial charge in [-0.25, -0.2) is 4.79 Å². The molecule has 0 saturated heterocycles. The number of hydrogen-bond acceptors (Lipinski definition) is 3. The van der Waals surface area contributed by atoms with Gasteiger partial charge in [0, 0.05) is 11.1 Å². The highest BCUT2D eigenvalue weighted by Gasteiger charge is 2.13. The monoisotopic (exact) mass is 371 g/mol. The summed E-state index contributed by atoms with van der Waals surface area (Å²) in [5.74, 6) is -0.899. The Kier molecular flexibility index (Phi) is 7.42. The Bertz CT molecular complexity index is 767. The summed E-state index contributed by atoms with van der Waals surface area (Å²) >= 11 is 5.80. The Morgan fingerprint density at radius 2 is 1.77 bits per heavy atom. The third-order valence-electron chi connectivity index (χ3n) is 3.85. The topological polar surface area (TPSA) is 55.4 Å². The van der Waals surface area contributed by atoms with Crippen LogP contribution in [0.25, 0.3) is 6.08 Å². The number of rotatable bonds is 7. The fourth-order valence-corrected chi connectivity index (χ4v) is 2.50. The number of ether oxygens (including phenoxy) is 1. The van der Waals surface area contributed by atoms with Crippen LogP contribution < -0.4 is 5.32 Å². The Morgan fingerprint density at radius 1 is 1.12 bits per heavy atom. The van der Waals surface area contributed by atoms with E-state index in [4.69, 9.17) is 16.3 Å². The van der Waals surface area contributed by atoms with Crippen LogP contribution in [0, 0.1) is 6.92 Å². The van der Waals surface area contributed by atoms with Gasteiger partial charge in [0.1, 0.15) is 0 Å². The summed E-state index contributed by atoms with van der Waals surface area (Å²) in [6.07, 6.45) is 3.64. The minimum atomic E-state index is -0.571. The molecule has 0 unspecified atom stereocenters. The van der Waals surface area contributed by atoms with E-state index in [1.807, 2.05) is 38.1 Å². The maximum atomic E-state index is 12.0. The van der Waals surface area contributed by atoms with E-state index >= 15 is 0 Å². The van der Waals surface area contributed by atoms with Gasteiger partial charge < -0.3 is 10.1 Å². The predicted octanol–water partition coefficient (Wildman–Crippen LogP) is 4.47. The van der Waals surface area contributed by atoms with E-state index in [-0.39, 0.29) is 18.6 Å². The van der Waals surface area contributed by atoms with E-state index in [1.54, 1.807) is 30.3 Å². The van der Waals surface area contributed by atoms with Gasteiger partial charge in [0.05, 0.1) is 6.04 Å². The number of benzene rings is 2. The number of amides is 1. The smallest absolute Gasteiger partial charge is 0.331 e. The van der Waals surface area contributed by atoms with Crippen molar-refractivity contribution in [3.05, 3.63) is 76.3 Å². The molecule has 0 aliphatic heterocycles. The highest BCUT2D eigenvalue weighted by molar-refractivity contribution is 6.30. The van der Waals surface area contributed by atoms with Gasteiger partial charge in [-0.2, -0.15) is 0 Å². The van der Waals surface area contributed by atoms with Crippen LogP contribution in [0.4, 0.5) is 0 Å². The molecule has 0 heterocycles. The highest BCUT2D eigenvalue weighted by atomic mass is 35.5. The average molecular weight is 372 g/mol. The summed E-state index contributed by atoms with van der Waals surface area (Å²) in [4.78, 5) is 23.8. The number of carbonyl (C=O) groups is 2. The molecule has 2 rings (SSSR count). The van der Waals surface area contributed by atoms with Crippen molar-refractivity contribution in [1.82, 2.24) is 5.32 Å². The molecule has 1 atom stereocenters. The van der Waals surface area contributed by atoms with Crippen LogP contribution in [0.3, 0.4) is 0 Å². The average Bonchev–Trinajstić information content (AvgIpc) is 2.65. The predicted molar refractivity (Wildman–Crippen MR) is 104 cm³/mol. The van der Waals surface area contributed by atoms with Crippen LogP contribution in [0.2, 0.25) is 5.02 Å². The van der Waals surface area contributed by atoms with Gasteiger partial charge in [-0.3, -0.25) is 4.79 Å². The normalized spacial score (nSPS) is 12.0. The number of hydrogen-bond donors (Lipinski definition) is 1. The van der Waals surface area contributed by atoms with E-state index in [2.05, 4.69) is 5.32 Å². The first-order valence-corrected chi connectivity index (χ1v) is 8.82. The Balaban J connectivity index is 1.82. The molecule has 1 N–H and O–H groups in total. The maximum absolute atomic E-state index is 12.0. The number of esters is 1. The van der Waals surface area contributed by atoms with E-state index in [0.717, 1.165) is 23.1 Å². The van der Waals surface area contributed by atoms with Crippen molar-refractivity contribution in [3.63, 3.8) is 0 Å². The van der Waals surface area contributed by atoms with Crippen molar-refractivity contribution in [2.24, 2.45) is 0 Å². The molecule has 2 aromatic carbocycles. The van der Waals surface area contributed by atoms with Gasteiger partial charge in [0.15, 0.2) is 6.61 Å². The van der Waals surface area contributed by atoms with Gasteiger partial charge in [0.25, 0.3) is 5.91 Å². The van der Waals surface area contributed by atoms with Crippen LogP contribution in [0.1, 0.15) is 36.1 Å². The lowest BCUT2D eigenvalue weighted by atomic mass is 10.0. The van der Waals surface area contributed by atoms with Gasteiger partial charge in [-0.15, -0.1) is 0 Å². The molecule has 0 aromatic heterocycles. The molecular formula is C21H22ClNO3. The zero-order chi connectivity index (χ0) is 18.9.